The maximum atomic E-state index is 13.7. The van der Waals surface area contributed by atoms with Crippen molar-refractivity contribution in [2.45, 2.75) is 23.8 Å². The lowest BCUT2D eigenvalue weighted by Crippen LogP contribution is -2.00. The predicted octanol–water partition coefficient (Wildman–Crippen LogP) is 4.17. The molecule has 0 fully saturated rings. The Morgan fingerprint density at radius 1 is 1.11 bits per heavy atom. The number of rotatable bonds is 3. The Morgan fingerprint density at radius 3 is 2.47 bits per heavy atom. The van der Waals surface area contributed by atoms with Crippen LogP contribution in [0.4, 0.5) is 14.6 Å². The van der Waals surface area contributed by atoms with Crippen LogP contribution in [0.3, 0.4) is 0 Å². The number of benzene rings is 1. The number of hydrogen-bond donors (Lipinski definition) is 1. The summed E-state index contributed by atoms with van der Waals surface area (Å²) in [5.41, 5.74) is 2.19. The van der Waals surface area contributed by atoms with E-state index < -0.39 is 11.6 Å². The number of nitrogens with one attached hydrogen (secondary N) is 1. The summed E-state index contributed by atoms with van der Waals surface area (Å²) in [5, 5.41) is 2.77. The number of aryl methyl sites for hydroxylation is 2. The maximum Gasteiger partial charge on any atom is 0.168 e. The minimum Gasteiger partial charge on any atom is -0.371 e. The summed E-state index contributed by atoms with van der Waals surface area (Å²) in [4.78, 5) is 4.86. The van der Waals surface area contributed by atoms with Crippen LogP contribution < -0.4 is 5.32 Å². The summed E-state index contributed by atoms with van der Waals surface area (Å²) in [6.07, 6.45) is 0. The molecule has 0 bridgehead atoms. The van der Waals surface area contributed by atoms with Gasteiger partial charge in [-0.05, 0) is 25.5 Å². The van der Waals surface area contributed by atoms with Crippen LogP contribution in [0.5, 0.6) is 0 Å². The van der Waals surface area contributed by atoms with Crippen LogP contribution >= 0.6 is 11.8 Å². The molecule has 0 saturated heterocycles. The highest BCUT2D eigenvalue weighted by molar-refractivity contribution is 7.99. The average Bonchev–Trinajstić information content (AvgIpc) is 2.35. The van der Waals surface area contributed by atoms with Gasteiger partial charge in [-0.2, -0.15) is 0 Å². The van der Waals surface area contributed by atoms with E-state index in [9.17, 15) is 8.78 Å². The molecule has 0 saturated carbocycles. The van der Waals surface area contributed by atoms with Crippen molar-refractivity contribution < 1.29 is 8.78 Å². The number of nitrogens with zero attached hydrogens (tertiary/aromatic N) is 1. The highest BCUT2D eigenvalue weighted by atomic mass is 32.2. The normalized spacial score (nSPS) is 10.6. The standard InChI is InChI=1S/C14H14F2N2S/c1-8-4-5-12(9(2)6-8)19-14-11(16)7-10(15)13(17-3)18-14/h4-7H,1-3H3,(H,17,18). The zero-order valence-electron chi connectivity index (χ0n) is 10.9. The molecule has 0 unspecified atom stereocenters. The lowest BCUT2D eigenvalue weighted by Gasteiger charge is -2.09. The molecule has 1 aromatic heterocycles. The van der Waals surface area contributed by atoms with Crippen LogP contribution in [0.1, 0.15) is 11.1 Å². The van der Waals surface area contributed by atoms with Gasteiger partial charge in [0, 0.05) is 18.0 Å². The molecule has 0 amide bonds. The Labute approximate surface area is 115 Å². The molecule has 0 aliphatic heterocycles. The molecule has 2 aromatic rings. The average molecular weight is 280 g/mol. The molecule has 0 aliphatic rings. The van der Waals surface area contributed by atoms with Crippen LogP contribution in [-0.2, 0) is 0 Å². The van der Waals surface area contributed by atoms with Gasteiger partial charge in [-0.3, -0.25) is 0 Å². The largest absolute Gasteiger partial charge is 0.371 e. The third-order valence-electron chi connectivity index (χ3n) is 2.67. The quantitative estimate of drug-likeness (QED) is 0.913. The second-order valence-corrected chi connectivity index (χ2v) is 5.26. The highest BCUT2D eigenvalue weighted by Crippen LogP contribution is 2.32. The van der Waals surface area contributed by atoms with Gasteiger partial charge in [0.2, 0.25) is 0 Å². The van der Waals surface area contributed by atoms with Crippen molar-refractivity contribution in [2.24, 2.45) is 0 Å². The Morgan fingerprint density at radius 2 is 1.84 bits per heavy atom. The van der Waals surface area contributed by atoms with E-state index in [4.69, 9.17) is 0 Å². The first-order valence-corrected chi connectivity index (χ1v) is 6.62. The van der Waals surface area contributed by atoms with E-state index in [1.165, 1.54) is 11.8 Å². The molecule has 100 valence electrons. The SMILES string of the molecule is CNc1nc(Sc2ccc(C)cc2C)c(F)cc1F. The van der Waals surface area contributed by atoms with Gasteiger partial charge in [0.15, 0.2) is 17.5 Å². The Bertz CT molecular complexity index is 615. The molecule has 0 atom stereocenters. The Balaban J connectivity index is 2.37. The monoisotopic (exact) mass is 280 g/mol. The van der Waals surface area contributed by atoms with Gasteiger partial charge >= 0.3 is 0 Å². The molecule has 1 aromatic carbocycles. The first-order chi connectivity index (χ1) is 9.01. The zero-order valence-corrected chi connectivity index (χ0v) is 11.7. The molecule has 5 heteroatoms. The van der Waals surface area contributed by atoms with Gasteiger partial charge in [-0.1, -0.05) is 29.5 Å². The highest BCUT2D eigenvalue weighted by Gasteiger charge is 2.13. The molecular weight excluding hydrogens is 266 g/mol. The number of halogens is 2. The smallest absolute Gasteiger partial charge is 0.168 e. The number of anilines is 1. The second kappa shape index (κ2) is 5.57. The Hall–Kier alpha value is -1.62. The topological polar surface area (TPSA) is 24.9 Å². The van der Waals surface area contributed by atoms with Gasteiger partial charge in [0.25, 0.3) is 0 Å². The van der Waals surface area contributed by atoms with Gasteiger partial charge in [0.05, 0.1) is 0 Å². The summed E-state index contributed by atoms with van der Waals surface area (Å²) < 4.78 is 27.0. The summed E-state index contributed by atoms with van der Waals surface area (Å²) in [7, 11) is 1.55. The van der Waals surface area contributed by atoms with Crippen LogP contribution in [0, 0.1) is 25.5 Å². The van der Waals surface area contributed by atoms with E-state index in [0.29, 0.717) is 0 Å². The fourth-order valence-electron chi connectivity index (χ4n) is 1.71. The molecule has 1 heterocycles. The molecule has 2 rings (SSSR count). The van der Waals surface area contributed by atoms with Gasteiger partial charge in [0.1, 0.15) is 5.03 Å². The lowest BCUT2D eigenvalue weighted by atomic mass is 10.2. The van der Waals surface area contributed by atoms with Crippen LogP contribution in [-0.4, -0.2) is 12.0 Å². The fourth-order valence-corrected chi connectivity index (χ4v) is 2.57. The minimum absolute atomic E-state index is 0.0497. The molecule has 0 radical (unpaired) electrons. The van der Waals surface area contributed by atoms with Crippen molar-refractivity contribution in [1.29, 1.82) is 0 Å². The van der Waals surface area contributed by atoms with E-state index in [2.05, 4.69) is 10.3 Å². The molecule has 1 N–H and O–H groups in total. The first-order valence-electron chi connectivity index (χ1n) is 5.80. The summed E-state index contributed by atoms with van der Waals surface area (Å²) in [6, 6.07) is 6.74. The second-order valence-electron chi connectivity index (χ2n) is 4.23. The summed E-state index contributed by atoms with van der Waals surface area (Å²) in [5.74, 6) is -1.29. The van der Waals surface area contributed by atoms with Gasteiger partial charge in [-0.15, -0.1) is 0 Å². The maximum absolute atomic E-state index is 13.7. The van der Waals surface area contributed by atoms with E-state index >= 15 is 0 Å². The van der Waals surface area contributed by atoms with E-state index in [1.54, 1.807) is 7.05 Å². The van der Waals surface area contributed by atoms with Crippen molar-refractivity contribution in [3.8, 4) is 0 Å². The number of hydrogen-bond acceptors (Lipinski definition) is 3. The molecular formula is C14H14F2N2S. The van der Waals surface area contributed by atoms with Crippen LogP contribution in [0.15, 0.2) is 34.2 Å². The van der Waals surface area contributed by atoms with E-state index in [0.717, 1.165) is 22.1 Å². The van der Waals surface area contributed by atoms with Crippen molar-refractivity contribution in [2.75, 3.05) is 12.4 Å². The minimum atomic E-state index is -0.690. The van der Waals surface area contributed by atoms with Crippen molar-refractivity contribution in [1.82, 2.24) is 4.98 Å². The molecule has 19 heavy (non-hydrogen) atoms. The van der Waals surface area contributed by atoms with Gasteiger partial charge in [-0.25, -0.2) is 13.8 Å². The van der Waals surface area contributed by atoms with Crippen LogP contribution in [0.2, 0.25) is 0 Å². The molecule has 0 spiro atoms. The number of pyridine rings is 1. The van der Waals surface area contributed by atoms with Crippen LogP contribution in [0.25, 0.3) is 0 Å². The predicted molar refractivity (Wildman–Crippen MR) is 73.7 cm³/mol. The summed E-state index contributed by atoms with van der Waals surface area (Å²) >= 11 is 1.19. The first kappa shape index (κ1) is 13.8. The fraction of sp³-hybridized carbons (Fsp3) is 0.214. The van der Waals surface area contributed by atoms with Crippen molar-refractivity contribution in [3.63, 3.8) is 0 Å². The molecule has 0 aliphatic carbocycles. The zero-order chi connectivity index (χ0) is 14.0. The number of aromatic nitrogens is 1. The summed E-state index contributed by atoms with van der Waals surface area (Å²) in [6.45, 7) is 3.95. The third-order valence-corrected chi connectivity index (χ3v) is 3.83. The lowest BCUT2D eigenvalue weighted by molar-refractivity contribution is 0.551. The van der Waals surface area contributed by atoms with Crippen molar-refractivity contribution in [3.05, 3.63) is 47.0 Å². The third kappa shape index (κ3) is 3.04. The van der Waals surface area contributed by atoms with Crippen molar-refractivity contribution >= 4 is 17.6 Å². The van der Waals surface area contributed by atoms with E-state index in [-0.39, 0.29) is 10.8 Å². The van der Waals surface area contributed by atoms with Gasteiger partial charge < -0.3 is 5.32 Å². The van der Waals surface area contributed by atoms with E-state index in [1.807, 2.05) is 32.0 Å². The molecule has 2 nitrogen and oxygen atoms in total. The Kier molecular flexibility index (Phi) is 4.04.